The van der Waals surface area contributed by atoms with Crippen molar-refractivity contribution in [3.05, 3.63) is 30.5 Å². The van der Waals surface area contributed by atoms with Crippen LogP contribution in [0.1, 0.15) is 0 Å². The Morgan fingerprint density at radius 1 is 0.968 bits per heavy atom. The molecule has 0 atom stereocenters. The molecule has 0 bridgehead atoms. The summed E-state index contributed by atoms with van der Waals surface area (Å²) in [7, 11) is 3.15. The maximum atomic E-state index is 12.7. The second-order valence-corrected chi connectivity index (χ2v) is 7.29. The van der Waals surface area contributed by atoms with Gasteiger partial charge in [0.2, 0.25) is 5.95 Å². The first-order valence-electron chi connectivity index (χ1n) is 10.4. The van der Waals surface area contributed by atoms with Crippen molar-refractivity contribution in [3.63, 3.8) is 0 Å². The molecule has 0 aliphatic carbocycles. The van der Waals surface area contributed by atoms with Gasteiger partial charge in [0.1, 0.15) is 5.82 Å². The molecule has 1 aromatic carbocycles. The molecule has 0 radical (unpaired) electrons. The van der Waals surface area contributed by atoms with Crippen LogP contribution in [0.2, 0.25) is 0 Å². The quantitative estimate of drug-likeness (QED) is 0.769. The average molecular weight is 428 g/mol. The minimum absolute atomic E-state index is 0.136. The maximum absolute atomic E-state index is 12.7. The maximum Gasteiger partial charge on any atom is 0.321 e. The number of benzene rings is 1. The number of piperazine rings is 1. The van der Waals surface area contributed by atoms with E-state index in [1.807, 2.05) is 6.07 Å². The zero-order valence-electron chi connectivity index (χ0n) is 17.9. The number of amides is 2. The summed E-state index contributed by atoms with van der Waals surface area (Å²) in [5.41, 5.74) is 0.663. The third-order valence-corrected chi connectivity index (χ3v) is 5.45. The molecule has 2 fully saturated rings. The fraction of sp³-hybridized carbons (Fsp3) is 0.476. The normalized spacial score (nSPS) is 16.8. The molecule has 10 nitrogen and oxygen atoms in total. The summed E-state index contributed by atoms with van der Waals surface area (Å²) in [4.78, 5) is 28.0. The van der Waals surface area contributed by atoms with Crippen molar-refractivity contribution in [2.45, 2.75) is 0 Å². The van der Waals surface area contributed by atoms with E-state index < -0.39 is 0 Å². The molecule has 2 aromatic rings. The summed E-state index contributed by atoms with van der Waals surface area (Å²) in [5.74, 6) is 2.81. The van der Waals surface area contributed by atoms with Crippen LogP contribution in [0, 0.1) is 0 Å². The second-order valence-electron chi connectivity index (χ2n) is 7.29. The van der Waals surface area contributed by atoms with E-state index in [0.717, 1.165) is 24.9 Å². The molecule has 166 valence electrons. The van der Waals surface area contributed by atoms with Crippen molar-refractivity contribution in [1.29, 1.82) is 0 Å². The number of urea groups is 1. The lowest BCUT2D eigenvalue weighted by Gasteiger charge is -2.35. The molecule has 3 heterocycles. The Kier molecular flexibility index (Phi) is 6.56. The van der Waals surface area contributed by atoms with E-state index >= 15 is 0 Å². The van der Waals surface area contributed by atoms with Crippen molar-refractivity contribution < 1.29 is 19.0 Å². The molecule has 2 aliphatic rings. The van der Waals surface area contributed by atoms with E-state index in [1.165, 1.54) is 0 Å². The van der Waals surface area contributed by atoms with Gasteiger partial charge in [-0.25, -0.2) is 9.78 Å². The molecule has 31 heavy (non-hydrogen) atoms. The molecule has 2 aliphatic heterocycles. The smallest absolute Gasteiger partial charge is 0.321 e. The number of methoxy groups -OCH3 is 2. The van der Waals surface area contributed by atoms with E-state index in [4.69, 9.17) is 19.2 Å². The zero-order valence-corrected chi connectivity index (χ0v) is 17.9. The predicted octanol–water partition coefficient (Wildman–Crippen LogP) is 1.68. The number of aromatic nitrogens is 2. The lowest BCUT2D eigenvalue weighted by Crippen LogP contribution is -2.50. The van der Waals surface area contributed by atoms with Gasteiger partial charge in [0.05, 0.1) is 27.4 Å². The number of hydrogen-bond acceptors (Lipinski definition) is 8. The Balaban J connectivity index is 1.34. The van der Waals surface area contributed by atoms with E-state index in [2.05, 4.69) is 20.1 Å². The molecule has 4 rings (SSSR count). The first kappa shape index (κ1) is 21.0. The molecule has 1 aromatic heterocycles. The SMILES string of the molecule is COc1ccc(NC(=O)N2CCN(c3ccnc(N4CCOCC4)n3)CC2)cc1OC. The Morgan fingerprint density at radius 2 is 1.71 bits per heavy atom. The highest BCUT2D eigenvalue weighted by Crippen LogP contribution is 2.30. The van der Waals surface area contributed by atoms with Crippen molar-refractivity contribution >= 4 is 23.5 Å². The number of ether oxygens (including phenoxy) is 3. The standard InChI is InChI=1S/C21H28N6O4/c1-29-17-4-3-16(15-18(17)30-2)23-21(28)27-9-7-25(8-10-27)19-5-6-22-20(24-19)26-11-13-31-14-12-26/h3-6,15H,7-14H2,1-2H3,(H,23,28). The fourth-order valence-corrected chi connectivity index (χ4v) is 3.69. The molecule has 0 saturated carbocycles. The molecular formula is C21H28N6O4. The van der Waals surface area contributed by atoms with E-state index in [0.29, 0.717) is 56.6 Å². The molecule has 2 saturated heterocycles. The minimum Gasteiger partial charge on any atom is -0.493 e. The van der Waals surface area contributed by atoms with Gasteiger partial charge in [-0.15, -0.1) is 0 Å². The van der Waals surface area contributed by atoms with Gasteiger partial charge in [-0.1, -0.05) is 0 Å². The monoisotopic (exact) mass is 428 g/mol. The summed E-state index contributed by atoms with van der Waals surface area (Å²) >= 11 is 0. The number of carbonyl (C=O) groups excluding carboxylic acids is 1. The third-order valence-electron chi connectivity index (χ3n) is 5.45. The van der Waals surface area contributed by atoms with Crippen molar-refractivity contribution in [2.75, 3.05) is 81.8 Å². The Labute approximate surface area is 181 Å². The lowest BCUT2D eigenvalue weighted by atomic mass is 10.2. The first-order valence-corrected chi connectivity index (χ1v) is 10.4. The van der Waals surface area contributed by atoms with Gasteiger partial charge >= 0.3 is 6.03 Å². The number of nitrogens with one attached hydrogen (secondary N) is 1. The predicted molar refractivity (Wildman–Crippen MR) is 117 cm³/mol. The number of carbonyl (C=O) groups is 1. The van der Waals surface area contributed by atoms with Gasteiger partial charge in [-0.2, -0.15) is 4.98 Å². The topological polar surface area (TPSA) is 92.3 Å². The van der Waals surface area contributed by atoms with Crippen LogP contribution in [-0.2, 0) is 4.74 Å². The largest absolute Gasteiger partial charge is 0.493 e. The van der Waals surface area contributed by atoms with Crippen LogP contribution in [0.5, 0.6) is 11.5 Å². The van der Waals surface area contributed by atoms with Crippen LogP contribution in [0.15, 0.2) is 30.5 Å². The van der Waals surface area contributed by atoms with Crippen LogP contribution in [-0.4, -0.2) is 87.6 Å². The average Bonchev–Trinajstić information content (AvgIpc) is 2.84. The first-order chi connectivity index (χ1) is 15.2. The Bertz CT molecular complexity index is 897. The van der Waals surface area contributed by atoms with Crippen molar-refractivity contribution in [2.24, 2.45) is 0 Å². The number of morpholine rings is 1. The van der Waals surface area contributed by atoms with Crippen LogP contribution in [0.3, 0.4) is 0 Å². The molecule has 0 spiro atoms. The van der Waals surface area contributed by atoms with E-state index in [-0.39, 0.29) is 6.03 Å². The molecule has 10 heteroatoms. The van der Waals surface area contributed by atoms with Gasteiger partial charge in [-0.3, -0.25) is 0 Å². The van der Waals surface area contributed by atoms with Crippen LogP contribution >= 0.6 is 0 Å². The number of nitrogens with zero attached hydrogens (tertiary/aromatic N) is 5. The number of anilines is 3. The zero-order chi connectivity index (χ0) is 21.6. The second kappa shape index (κ2) is 9.69. The highest BCUT2D eigenvalue weighted by Gasteiger charge is 2.23. The van der Waals surface area contributed by atoms with Gasteiger partial charge in [0.15, 0.2) is 11.5 Å². The van der Waals surface area contributed by atoms with Gasteiger partial charge < -0.3 is 34.2 Å². The summed E-state index contributed by atoms with van der Waals surface area (Å²) in [6, 6.07) is 7.10. The van der Waals surface area contributed by atoms with Crippen molar-refractivity contribution in [1.82, 2.24) is 14.9 Å². The van der Waals surface area contributed by atoms with E-state index in [9.17, 15) is 4.79 Å². The minimum atomic E-state index is -0.136. The van der Waals surface area contributed by atoms with Gasteiger partial charge in [-0.05, 0) is 18.2 Å². The van der Waals surface area contributed by atoms with Gasteiger partial charge in [0.25, 0.3) is 0 Å². The molecule has 2 amide bonds. The van der Waals surface area contributed by atoms with Crippen molar-refractivity contribution in [3.8, 4) is 11.5 Å². The highest BCUT2D eigenvalue weighted by atomic mass is 16.5. The summed E-state index contributed by atoms with van der Waals surface area (Å²) in [6.45, 7) is 5.62. The van der Waals surface area contributed by atoms with Crippen LogP contribution in [0.4, 0.5) is 22.2 Å². The lowest BCUT2D eigenvalue weighted by molar-refractivity contribution is 0.122. The Hall–Kier alpha value is -3.27. The third kappa shape index (κ3) is 4.91. The van der Waals surface area contributed by atoms with Crippen LogP contribution < -0.4 is 24.6 Å². The summed E-state index contributed by atoms with van der Waals surface area (Å²) in [5, 5.41) is 2.93. The molecule has 0 unspecified atom stereocenters. The number of hydrogen-bond donors (Lipinski definition) is 1. The van der Waals surface area contributed by atoms with Gasteiger partial charge in [0, 0.05) is 57.2 Å². The number of rotatable bonds is 5. The Morgan fingerprint density at radius 3 is 2.42 bits per heavy atom. The summed E-state index contributed by atoms with van der Waals surface area (Å²) in [6.07, 6.45) is 1.79. The molecule has 1 N–H and O–H groups in total. The van der Waals surface area contributed by atoms with Crippen LogP contribution in [0.25, 0.3) is 0 Å². The molecular weight excluding hydrogens is 400 g/mol. The highest BCUT2D eigenvalue weighted by molar-refractivity contribution is 5.90. The summed E-state index contributed by atoms with van der Waals surface area (Å²) < 4.78 is 15.9. The van der Waals surface area contributed by atoms with E-state index in [1.54, 1.807) is 43.5 Å². The fourth-order valence-electron chi connectivity index (χ4n) is 3.69.